The highest BCUT2D eigenvalue weighted by Crippen LogP contribution is 2.19. The number of hydrogen-bond acceptors (Lipinski definition) is 1. The fourth-order valence-corrected chi connectivity index (χ4v) is 2.56. The Labute approximate surface area is 144 Å². The van der Waals surface area contributed by atoms with Crippen LogP contribution >= 0.6 is 15.9 Å². The van der Waals surface area contributed by atoms with Crippen LogP contribution in [0.5, 0.6) is 0 Å². The molecule has 0 saturated carbocycles. The maximum Gasteiger partial charge on any atom is 0.185 e. The molecule has 3 aromatic rings. The fourth-order valence-electron chi connectivity index (χ4n) is 2.30. The van der Waals surface area contributed by atoms with Crippen LogP contribution in [-0.2, 0) is 0 Å². The molecule has 2 heteroatoms. The SMILES string of the molecule is O=C(/C=C/c1ccc(Br)cc1)c1ccc(-c2ccccc2)cc1. The molecule has 0 saturated heterocycles. The Morgan fingerprint density at radius 2 is 1.35 bits per heavy atom. The van der Waals surface area contributed by atoms with Gasteiger partial charge in [-0.15, -0.1) is 0 Å². The van der Waals surface area contributed by atoms with E-state index in [0.29, 0.717) is 5.56 Å². The molecule has 0 aliphatic heterocycles. The van der Waals surface area contributed by atoms with Gasteiger partial charge >= 0.3 is 0 Å². The first-order valence-electron chi connectivity index (χ1n) is 7.36. The third-order valence-corrected chi connectivity index (χ3v) is 4.10. The van der Waals surface area contributed by atoms with Crippen LogP contribution in [0.15, 0.2) is 89.4 Å². The van der Waals surface area contributed by atoms with E-state index >= 15 is 0 Å². The fraction of sp³-hybridized carbons (Fsp3) is 0. The van der Waals surface area contributed by atoms with Crippen molar-refractivity contribution in [2.45, 2.75) is 0 Å². The normalized spacial score (nSPS) is 10.8. The van der Waals surface area contributed by atoms with Crippen molar-refractivity contribution in [3.8, 4) is 11.1 Å². The Morgan fingerprint density at radius 1 is 0.739 bits per heavy atom. The van der Waals surface area contributed by atoms with Crippen molar-refractivity contribution >= 4 is 27.8 Å². The van der Waals surface area contributed by atoms with Crippen LogP contribution in [0.3, 0.4) is 0 Å². The van der Waals surface area contributed by atoms with Crippen molar-refractivity contribution in [2.75, 3.05) is 0 Å². The summed E-state index contributed by atoms with van der Waals surface area (Å²) in [6, 6.07) is 25.7. The van der Waals surface area contributed by atoms with Crippen LogP contribution in [0, 0.1) is 0 Å². The number of halogens is 1. The van der Waals surface area contributed by atoms with Gasteiger partial charge in [0.05, 0.1) is 0 Å². The summed E-state index contributed by atoms with van der Waals surface area (Å²) < 4.78 is 1.03. The Balaban J connectivity index is 1.74. The molecule has 0 aromatic heterocycles. The molecular formula is C21H15BrO. The quantitative estimate of drug-likeness (QED) is 0.410. The largest absolute Gasteiger partial charge is 0.289 e. The van der Waals surface area contributed by atoms with Crippen LogP contribution in [0.1, 0.15) is 15.9 Å². The van der Waals surface area contributed by atoms with Gasteiger partial charge in [0.15, 0.2) is 5.78 Å². The van der Waals surface area contributed by atoms with Gasteiger partial charge in [-0.2, -0.15) is 0 Å². The minimum atomic E-state index is 0.00697. The number of allylic oxidation sites excluding steroid dienone is 1. The molecule has 0 aliphatic carbocycles. The van der Waals surface area contributed by atoms with Crippen molar-refractivity contribution in [3.05, 3.63) is 101 Å². The average molecular weight is 363 g/mol. The average Bonchev–Trinajstić information content (AvgIpc) is 2.62. The van der Waals surface area contributed by atoms with Gasteiger partial charge in [0, 0.05) is 10.0 Å². The summed E-state index contributed by atoms with van der Waals surface area (Å²) in [6.45, 7) is 0. The molecule has 3 rings (SSSR count). The maximum absolute atomic E-state index is 12.2. The van der Waals surface area contributed by atoms with E-state index in [1.54, 1.807) is 6.08 Å². The second-order valence-electron chi connectivity index (χ2n) is 5.19. The van der Waals surface area contributed by atoms with Crippen molar-refractivity contribution in [3.63, 3.8) is 0 Å². The number of carbonyl (C=O) groups excluding carboxylic acids is 1. The van der Waals surface area contributed by atoms with Crippen LogP contribution in [0.4, 0.5) is 0 Å². The van der Waals surface area contributed by atoms with E-state index in [-0.39, 0.29) is 5.78 Å². The second-order valence-corrected chi connectivity index (χ2v) is 6.11. The van der Waals surface area contributed by atoms with Gasteiger partial charge in [0.1, 0.15) is 0 Å². The Bertz CT molecular complexity index is 816. The van der Waals surface area contributed by atoms with Gasteiger partial charge < -0.3 is 0 Å². The second kappa shape index (κ2) is 7.21. The number of ketones is 1. The highest BCUT2D eigenvalue weighted by Gasteiger charge is 2.03. The summed E-state index contributed by atoms with van der Waals surface area (Å²) in [6.07, 6.45) is 3.45. The molecule has 0 amide bonds. The zero-order valence-electron chi connectivity index (χ0n) is 12.4. The Kier molecular flexibility index (Phi) is 4.84. The van der Waals surface area contributed by atoms with Crippen molar-refractivity contribution in [2.24, 2.45) is 0 Å². The van der Waals surface area contributed by atoms with Gasteiger partial charge in [-0.1, -0.05) is 88.7 Å². The zero-order valence-corrected chi connectivity index (χ0v) is 14.0. The van der Waals surface area contributed by atoms with Crippen LogP contribution in [0.25, 0.3) is 17.2 Å². The van der Waals surface area contributed by atoms with Gasteiger partial charge in [-0.05, 0) is 34.9 Å². The third-order valence-electron chi connectivity index (χ3n) is 3.57. The van der Waals surface area contributed by atoms with Gasteiger partial charge in [0.2, 0.25) is 0 Å². The van der Waals surface area contributed by atoms with Crippen LogP contribution in [-0.4, -0.2) is 5.78 Å². The Hall–Kier alpha value is -2.45. The highest BCUT2D eigenvalue weighted by molar-refractivity contribution is 9.10. The van der Waals surface area contributed by atoms with E-state index in [2.05, 4.69) is 28.1 Å². The molecule has 1 nitrogen and oxygen atoms in total. The van der Waals surface area contributed by atoms with E-state index in [9.17, 15) is 4.79 Å². The molecule has 0 fully saturated rings. The minimum Gasteiger partial charge on any atom is -0.289 e. The summed E-state index contributed by atoms with van der Waals surface area (Å²) in [5, 5.41) is 0. The molecule has 112 valence electrons. The highest BCUT2D eigenvalue weighted by atomic mass is 79.9. The summed E-state index contributed by atoms with van der Waals surface area (Å²) in [5.41, 5.74) is 3.96. The number of benzene rings is 3. The van der Waals surface area contributed by atoms with Gasteiger partial charge in [-0.3, -0.25) is 4.79 Å². The first-order chi connectivity index (χ1) is 11.2. The maximum atomic E-state index is 12.2. The lowest BCUT2D eigenvalue weighted by Crippen LogP contribution is -1.93. The third kappa shape index (κ3) is 4.05. The van der Waals surface area contributed by atoms with E-state index < -0.39 is 0 Å². The minimum absolute atomic E-state index is 0.00697. The monoisotopic (exact) mass is 362 g/mol. The Morgan fingerprint density at radius 3 is 2.00 bits per heavy atom. The summed E-state index contributed by atoms with van der Waals surface area (Å²) >= 11 is 3.40. The summed E-state index contributed by atoms with van der Waals surface area (Å²) in [4.78, 5) is 12.2. The van der Waals surface area contributed by atoms with E-state index in [0.717, 1.165) is 21.2 Å². The molecule has 0 atom stereocenters. The zero-order chi connectivity index (χ0) is 16.1. The van der Waals surface area contributed by atoms with Crippen molar-refractivity contribution in [1.29, 1.82) is 0 Å². The molecule has 0 heterocycles. The lowest BCUT2D eigenvalue weighted by molar-refractivity contribution is 0.104. The van der Waals surface area contributed by atoms with Crippen molar-refractivity contribution in [1.82, 2.24) is 0 Å². The molecule has 0 unspecified atom stereocenters. The molecule has 0 spiro atoms. The molecule has 3 aromatic carbocycles. The summed E-state index contributed by atoms with van der Waals surface area (Å²) in [5.74, 6) is 0.00697. The number of carbonyl (C=O) groups is 1. The topological polar surface area (TPSA) is 17.1 Å². The molecule has 0 N–H and O–H groups in total. The number of rotatable bonds is 4. The van der Waals surface area contributed by atoms with Gasteiger partial charge in [0.25, 0.3) is 0 Å². The van der Waals surface area contributed by atoms with E-state index in [1.165, 1.54) is 0 Å². The molecule has 0 aliphatic rings. The predicted octanol–water partition coefficient (Wildman–Crippen LogP) is 6.01. The first kappa shape index (κ1) is 15.4. The lowest BCUT2D eigenvalue weighted by Gasteiger charge is -2.02. The lowest BCUT2D eigenvalue weighted by atomic mass is 10.0. The van der Waals surface area contributed by atoms with E-state index in [1.807, 2.05) is 72.8 Å². The predicted molar refractivity (Wildman–Crippen MR) is 99.4 cm³/mol. The number of hydrogen-bond donors (Lipinski definition) is 0. The van der Waals surface area contributed by atoms with Gasteiger partial charge in [-0.25, -0.2) is 0 Å². The van der Waals surface area contributed by atoms with Crippen LogP contribution in [0.2, 0.25) is 0 Å². The summed E-state index contributed by atoms with van der Waals surface area (Å²) in [7, 11) is 0. The van der Waals surface area contributed by atoms with Crippen LogP contribution < -0.4 is 0 Å². The first-order valence-corrected chi connectivity index (χ1v) is 8.15. The molecular weight excluding hydrogens is 348 g/mol. The standard InChI is InChI=1S/C21H15BrO/c22-20-13-6-16(7-14-20)8-15-21(23)19-11-9-18(10-12-19)17-4-2-1-3-5-17/h1-15H/b15-8+. The molecule has 0 radical (unpaired) electrons. The van der Waals surface area contributed by atoms with Crippen molar-refractivity contribution < 1.29 is 4.79 Å². The molecule has 0 bridgehead atoms. The van der Waals surface area contributed by atoms with E-state index in [4.69, 9.17) is 0 Å². The molecule has 23 heavy (non-hydrogen) atoms. The smallest absolute Gasteiger partial charge is 0.185 e.